The first-order valence-electron chi connectivity index (χ1n) is 9.22. The molecule has 0 aromatic heterocycles. The van der Waals surface area contributed by atoms with Crippen LogP contribution < -0.4 is 10.6 Å². The average molecular weight is 454 g/mol. The van der Waals surface area contributed by atoms with Gasteiger partial charge in [0.15, 0.2) is 0 Å². The van der Waals surface area contributed by atoms with Gasteiger partial charge in [-0.3, -0.25) is 14.4 Å². The Morgan fingerprint density at radius 1 is 1.07 bits per heavy atom. The van der Waals surface area contributed by atoms with E-state index in [4.69, 9.17) is 0 Å². The minimum absolute atomic E-state index is 0.0535. The summed E-state index contributed by atoms with van der Waals surface area (Å²) in [5, 5.41) is 5.83. The Balaban J connectivity index is 1.29. The van der Waals surface area contributed by atoms with Crippen molar-refractivity contribution in [1.29, 1.82) is 0 Å². The molecule has 0 spiro atoms. The first-order valence-corrected chi connectivity index (χ1v) is 11.2. The van der Waals surface area contributed by atoms with Crippen LogP contribution in [0.2, 0.25) is 0 Å². The summed E-state index contributed by atoms with van der Waals surface area (Å²) in [5.74, 6) is 0.851. The van der Waals surface area contributed by atoms with Crippen LogP contribution >= 0.6 is 27.7 Å². The molecule has 1 heterocycles. The maximum atomic E-state index is 12.1. The van der Waals surface area contributed by atoms with Gasteiger partial charge in [-0.2, -0.15) is 0 Å². The van der Waals surface area contributed by atoms with Crippen molar-refractivity contribution < 1.29 is 14.4 Å². The van der Waals surface area contributed by atoms with Crippen molar-refractivity contribution >= 4 is 51.1 Å². The number of nitrogens with one attached hydrogen (secondary N) is 2. The SMILES string of the molecule is O=C(CSCC(=O)NC1CCN(C(=O)C2CC2)CC1)Nc1cccc(Br)c1. The first kappa shape index (κ1) is 20.2. The van der Waals surface area contributed by atoms with Crippen LogP contribution in [0.15, 0.2) is 28.7 Å². The van der Waals surface area contributed by atoms with Gasteiger partial charge in [0.05, 0.1) is 11.5 Å². The second kappa shape index (κ2) is 9.59. The minimum atomic E-state index is -0.127. The maximum absolute atomic E-state index is 12.1. The molecule has 1 aliphatic heterocycles. The summed E-state index contributed by atoms with van der Waals surface area (Å²) < 4.78 is 0.900. The lowest BCUT2D eigenvalue weighted by molar-refractivity contribution is -0.133. The van der Waals surface area contributed by atoms with E-state index in [0.29, 0.717) is 0 Å². The molecule has 8 heteroatoms. The van der Waals surface area contributed by atoms with Crippen LogP contribution in [0.4, 0.5) is 5.69 Å². The number of likely N-dealkylation sites (tertiary alicyclic amines) is 1. The molecule has 0 radical (unpaired) electrons. The summed E-state index contributed by atoms with van der Waals surface area (Å²) in [7, 11) is 0. The quantitative estimate of drug-likeness (QED) is 0.664. The molecule has 27 heavy (non-hydrogen) atoms. The molecule has 2 aliphatic rings. The number of thioether (sulfide) groups is 1. The Morgan fingerprint density at radius 2 is 1.78 bits per heavy atom. The summed E-state index contributed by atoms with van der Waals surface area (Å²) in [6.45, 7) is 1.45. The van der Waals surface area contributed by atoms with Crippen LogP contribution in [0.5, 0.6) is 0 Å². The number of hydrogen-bond acceptors (Lipinski definition) is 4. The van der Waals surface area contributed by atoms with E-state index in [9.17, 15) is 14.4 Å². The zero-order valence-electron chi connectivity index (χ0n) is 15.1. The molecule has 1 saturated heterocycles. The molecule has 0 atom stereocenters. The number of nitrogens with zero attached hydrogens (tertiary/aromatic N) is 1. The Bertz CT molecular complexity index is 703. The van der Waals surface area contributed by atoms with Crippen LogP contribution in [-0.2, 0) is 14.4 Å². The van der Waals surface area contributed by atoms with E-state index in [-0.39, 0.29) is 41.2 Å². The van der Waals surface area contributed by atoms with Gasteiger partial charge in [0.1, 0.15) is 0 Å². The fourth-order valence-corrected chi connectivity index (χ4v) is 4.13. The monoisotopic (exact) mass is 453 g/mol. The zero-order valence-corrected chi connectivity index (χ0v) is 17.5. The molecule has 0 unspecified atom stereocenters. The van der Waals surface area contributed by atoms with Crippen molar-refractivity contribution in [2.75, 3.05) is 29.9 Å². The van der Waals surface area contributed by atoms with Crippen molar-refractivity contribution in [2.24, 2.45) is 5.92 Å². The van der Waals surface area contributed by atoms with E-state index < -0.39 is 0 Å². The third kappa shape index (κ3) is 6.53. The summed E-state index contributed by atoms with van der Waals surface area (Å²) in [6.07, 6.45) is 3.67. The molecular formula is C19H24BrN3O3S. The standard InChI is InChI=1S/C19H24BrN3O3S/c20-14-2-1-3-16(10-14)22-18(25)12-27-11-17(24)21-15-6-8-23(9-7-15)19(26)13-4-5-13/h1-3,10,13,15H,4-9,11-12H2,(H,21,24)(H,22,25). The van der Waals surface area contributed by atoms with E-state index in [2.05, 4.69) is 26.6 Å². The molecule has 1 saturated carbocycles. The van der Waals surface area contributed by atoms with E-state index in [1.807, 2.05) is 29.2 Å². The topological polar surface area (TPSA) is 78.5 Å². The average Bonchev–Trinajstić information content (AvgIpc) is 3.47. The molecular weight excluding hydrogens is 430 g/mol. The Morgan fingerprint density at radius 3 is 2.44 bits per heavy atom. The van der Waals surface area contributed by atoms with Gasteiger partial charge in [-0.15, -0.1) is 11.8 Å². The third-order valence-electron chi connectivity index (χ3n) is 4.67. The molecule has 0 bridgehead atoms. The lowest BCUT2D eigenvalue weighted by atomic mass is 10.0. The molecule has 1 aromatic carbocycles. The molecule has 1 aromatic rings. The van der Waals surface area contributed by atoms with Crippen molar-refractivity contribution in [3.05, 3.63) is 28.7 Å². The fraction of sp³-hybridized carbons (Fsp3) is 0.526. The van der Waals surface area contributed by atoms with Gasteiger partial charge in [-0.25, -0.2) is 0 Å². The maximum Gasteiger partial charge on any atom is 0.234 e. The molecule has 1 aliphatic carbocycles. The van der Waals surface area contributed by atoms with Gasteiger partial charge in [-0.1, -0.05) is 22.0 Å². The number of carbonyl (C=O) groups excluding carboxylic acids is 3. The summed E-state index contributed by atoms with van der Waals surface area (Å²) >= 11 is 4.66. The lowest BCUT2D eigenvalue weighted by Gasteiger charge is -2.32. The highest BCUT2D eigenvalue weighted by Crippen LogP contribution is 2.31. The van der Waals surface area contributed by atoms with E-state index in [1.165, 1.54) is 11.8 Å². The highest BCUT2D eigenvalue weighted by atomic mass is 79.9. The molecule has 2 N–H and O–H groups in total. The Hall–Kier alpha value is -1.54. The third-order valence-corrected chi connectivity index (χ3v) is 6.10. The van der Waals surface area contributed by atoms with Gasteiger partial charge in [0, 0.05) is 35.2 Å². The normalized spacial score (nSPS) is 17.4. The first-order chi connectivity index (χ1) is 13.0. The molecule has 146 valence electrons. The van der Waals surface area contributed by atoms with Crippen molar-refractivity contribution in [3.8, 4) is 0 Å². The number of piperidine rings is 1. The van der Waals surface area contributed by atoms with Gasteiger partial charge in [0.2, 0.25) is 17.7 Å². The highest BCUT2D eigenvalue weighted by molar-refractivity contribution is 9.10. The second-order valence-electron chi connectivity index (χ2n) is 6.99. The number of anilines is 1. The van der Waals surface area contributed by atoms with Crippen LogP contribution in [0.3, 0.4) is 0 Å². The molecule has 2 fully saturated rings. The van der Waals surface area contributed by atoms with Gasteiger partial charge < -0.3 is 15.5 Å². The highest BCUT2D eigenvalue weighted by Gasteiger charge is 2.35. The fourth-order valence-electron chi connectivity index (χ4n) is 3.10. The van der Waals surface area contributed by atoms with Crippen LogP contribution in [0.1, 0.15) is 25.7 Å². The number of carbonyl (C=O) groups is 3. The molecule has 3 rings (SSSR count). The number of amides is 3. The van der Waals surface area contributed by atoms with E-state index in [1.54, 1.807) is 0 Å². The Labute approximate surface area is 171 Å². The predicted octanol–water partition coefficient (Wildman–Crippen LogP) is 2.64. The smallest absolute Gasteiger partial charge is 0.234 e. The van der Waals surface area contributed by atoms with Crippen LogP contribution in [0, 0.1) is 5.92 Å². The lowest BCUT2D eigenvalue weighted by Crippen LogP contribution is -2.47. The largest absolute Gasteiger partial charge is 0.353 e. The van der Waals surface area contributed by atoms with E-state index in [0.717, 1.165) is 48.9 Å². The van der Waals surface area contributed by atoms with Crippen molar-refractivity contribution in [3.63, 3.8) is 0 Å². The molecule has 3 amide bonds. The number of halogens is 1. The van der Waals surface area contributed by atoms with Crippen LogP contribution in [0.25, 0.3) is 0 Å². The van der Waals surface area contributed by atoms with Gasteiger partial charge >= 0.3 is 0 Å². The minimum Gasteiger partial charge on any atom is -0.353 e. The Kier molecular flexibility index (Phi) is 7.18. The summed E-state index contributed by atoms with van der Waals surface area (Å²) in [4.78, 5) is 38.0. The van der Waals surface area contributed by atoms with Crippen LogP contribution in [-0.4, -0.2) is 53.3 Å². The van der Waals surface area contributed by atoms with Crippen molar-refractivity contribution in [2.45, 2.75) is 31.7 Å². The predicted molar refractivity (Wildman–Crippen MR) is 111 cm³/mol. The second-order valence-corrected chi connectivity index (χ2v) is 8.89. The summed E-state index contributed by atoms with van der Waals surface area (Å²) in [6, 6.07) is 7.51. The van der Waals surface area contributed by atoms with Gasteiger partial charge in [0.25, 0.3) is 0 Å². The van der Waals surface area contributed by atoms with E-state index >= 15 is 0 Å². The number of hydrogen-bond donors (Lipinski definition) is 2. The number of benzene rings is 1. The zero-order chi connectivity index (χ0) is 19.2. The summed E-state index contributed by atoms with van der Waals surface area (Å²) in [5.41, 5.74) is 0.729. The number of rotatable bonds is 7. The molecule has 6 nitrogen and oxygen atoms in total. The van der Waals surface area contributed by atoms with Gasteiger partial charge in [-0.05, 0) is 43.9 Å². The van der Waals surface area contributed by atoms with Crippen molar-refractivity contribution in [1.82, 2.24) is 10.2 Å².